The van der Waals surface area contributed by atoms with Crippen LogP contribution in [0.4, 0.5) is 4.79 Å². The van der Waals surface area contributed by atoms with Gasteiger partial charge in [-0.1, -0.05) is 18.2 Å². The van der Waals surface area contributed by atoms with Gasteiger partial charge in [-0.3, -0.25) is 5.43 Å². The van der Waals surface area contributed by atoms with Crippen LogP contribution >= 0.6 is 0 Å². The lowest BCUT2D eigenvalue weighted by Crippen LogP contribution is -2.43. The summed E-state index contributed by atoms with van der Waals surface area (Å²) in [6.45, 7) is 0.0293. The van der Waals surface area contributed by atoms with E-state index in [1.807, 2.05) is 0 Å². The van der Waals surface area contributed by atoms with Crippen molar-refractivity contribution in [2.45, 2.75) is 11.4 Å². The maximum absolute atomic E-state index is 11.8. The predicted molar refractivity (Wildman–Crippen MR) is 51.9 cm³/mol. The molecule has 0 saturated heterocycles. The third kappa shape index (κ3) is 1.36. The summed E-state index contributed by atoms with van der Waals surface area (Å²) in [5.74, 6) is 4.90. The van der Waals surface area contributed by atoms with Crippen molar-refractivity contribution in [3.63, 3.8) is 0 Å². The summed E-state index contributed by atoms with van der Waals surface area (Å²) >= 11 is 0. The number of carbonyl (C=O) groups is 1. The monoisotopic (exact) mass is 227 g/mol. The number of nitrogens with one attached hydrogen (secondary N) is 1. The zero-order chi connectivity index (χ0) is 11.1. The van der Waals surface area contributed by atoms with E-state index in [2.05, 4.69) is 0 Å². The van der Waals surface area contributed by atoms with Crippen LogP contribution in [0.3, 0.4) is 0 Å². The number of fused-ring (bicyclic) bond motifs is 1. The fraction of sp³-hybridized carbons (Fsp3) is 0.125. The van der Waals surface area contributed by atoms with Crippen LogP contribution in [0.25, 0.3) is 0 Å². The van der Waals surface area contributed by atoms with Crippen LogP contribution in [-0.2, 0) is 16.6 Å². The Morgan fingerprint density at radius 3 is 2.67 bits per heavy atom. The summed E-state index contributed by atoms with van der Waals surface area (Å²) < 4.78 is 24.3. The van der Waals surface area contributed by atoms with E-state index >= 15 is 0 Å². The first-order valence-electron chi connectivity index (χ1n) is 4.18. The van der Waals surface area contributed by atoms with E-state index in [0.29, 0.717) is 9.87 Å². The van der Waals surface area contributed by atoms with Gasteiger partial charge in [0.05, 0.1) is 11.4 Å². The van der Waals surface area contributed by atoms with Crippen molar-refractivity contribution in [1.82, 2.24) is 9.73 Å². The second kappa shape index (κ2) is 3.21. The molecule has 2 amide bonds. The molecule has 15 heavy (non-hydrogen) atoms. The Kier molecular flexibility index (Phi) is 2.13. The number of rotatable bonds is 0. The first-order chi connectivity index (χ1) is 7.07. The molecular formula is C8H9N3O3S. The fourth-order valence-electron chi connectivity index (χ4n) is 1.50. The zero-order valence-electron chi connectivity index (χ0n) is 7.67. The van der Waals surface area contributed by atoms with Crippen molar-refractivity contribution in [3.8, 4) is 0 Å². The molecule has 1 heterocycles. The van der Waals surface area contributed by atoms with E-state index in [9.17, 15) is 13.2 Å². The number of nitrogens with zero attached hydrogens (tertiary/aromatic N) is 1. The number of hydrogen-bond donors (Lipinski definition) is 2. The Morgan fingerprint density at radius 2 is 2.07 bits per heavy atom. The molecule has 3 N–H and O–H groups in total. The molecule has 1 aliphatic rings. The highest BCUT2D eigenvalue weighted by atomic mass is 32.2. The van der Waals surface area contributed by atoms with Gasteiger partial charge in [0, 0.05) is 0 Å². The van der Waals surface area contributed by atoms with Crippen molar-refractivity contribution < 1.29 is 13.2 Å². The van der Waals surface area contributed by atoms with Crippen LogP contribution in [0, 0.1) is 0 Å². The number of benzene rings is 1. The van der Waals surface area contributed by atoms with Crippen molar-refractivity contribution in [2.24, 2.45) is 5.84 Å². The normalized spacial score (nSPS) is 17.3. The number of carbonyl (C=O) groups excluding carboxylic acids is 1. The van der Waals surface area contributed by atoms with Gasteiger partial charge in [0.15, 0.2) is 0 Å². The summed E-state index contributed by atoms with van der Waals surface area (Å²) in [5, 5.41) is 0. The first kappa shape index (κ1) is 9.94. The van der Waals surface area contributed by atoms with E-state index in [1.165, 1.54) is 6.07 Å². The molecule has 1 aliphatic heterocycles. The molecular weight excluding hydrogens is 218 g/mol. The molecule has 1 aromatic rings. The number of nitrogens with two attached hydrogens (primary N) is 1. The van der Waals surface area contributed by atoms with E-state index in [-0.39, 0.29) is 11.4 Å². The summed E-state index contributed by atoms with van der Waals surface area (Å²) in [6.07, 6.45) is 0. The van der Waals surface area contributed by atoms with Crippen LogP contribution < -0.4 is 11.3 Å². The molecule has 0 aromatic heterocycles. The summed E-state index contributed by atoms with van der Waals surface area (Å²) in [5.41, 5.74) is 2.40. The molecule has 6 nitrogen and oxygen atoms in total. The van der Waals surface area contributed by atoms with Crippen molar-refractivity contribution in [2.75, 3.05) is 0 Å². The highest BCUT2D eigenvalue weighted by Gasteiger charge is 2.37. The Balaban J connectivity index is 2.52. The maximum atomic E-state index is 11.8. The van der Waals surface area contributed by atoms with Crippen molar-refractivity contribution in [1.29, 1.82) is 0 Å². The minimum atomic E-state index is -3.72. The number of sulfonamides is 1. The van der Waals surface area contributed by atoms with E-state index in [0.717, 1.165) is 0 Å². The van der Waals surface area contributed by atoms with Crippen LogP contribution in [0.2, 0.25) is 0 Å². The van der Waals surface area contributed by atoms with Gasteiger partial charge < -0.3 is 0 Å². The SMILES string of the molecule is NNC(=O)N1Cc2ccccc2S1(=O)=O. The number of hydrogen-bond acceptors (Lipinski definition) is 4. The van der Waals surface area contributed by atoms with Gasteiger partial charge in [-0.25, -0.2) is 23.4 Å². The minimum Gasteiger partial charge on any atom is -0.275 e. The average molecular weight is 227 g/mol. The van der Waals surface area contributed by atoms with Crippen LogP contribution in [0.1, 0.15) is 5.56 Å². The van der Waals surface area contributed by atoms with Crippen LogP contribution in [0.5, 0.6) is 0 Å². The number of urea groups is 1. The molecule has 0 aliphatic carbocycles. The predicted octanol–water partition coefficient (Wildman–Crippen LogP) is -0.226. The lowest BCUT2D eigenvalue weighted by molar-refractivity contribution is 0.223. The first-order valence-corrected chi connectivity index (χ1v) is 5.62. The maximum Gasteiger partial charge on any atom is 0.345 e. The summed E-state index contributed by atoms with van der Waals surface area (Å²) in [7, 11) is -3.72. The average Bonchev–Trinajstić information content (AvgIpc) is 2.51. The largest absolute Gasteiger partial charge is 0.345 e. The van der Waals surface area contributed by atoms with Gasteiger partial charge in [-0.15, -0.1) is 0 Å². The molecule has 0 unspecified atom stereocenters. The fourth-order valence-corrected chi connectivity index (χ4v) is 3.03. The Labute approximate surface area is 86.7 Å². The second-order valence-electron chi connectivity index (χ2n) is 3.07. The quantitative estimate of drug-likeness (QED) is 0.364. The molecule has 7 heteroatoms. The Hall–Kier alpha value is -1.60. The molecule has 1 aromatic carbocycles. The molecule has 0 atom stereocenters. The molecule has 0 fully saturated rings. The van der Waals surface area contributed by atoms with Gasteiger partial charge >= 0.3 is 6.03 Å². The minimum absolute atomic E-state index is 0.0293. The molecule has 0 saturated carbocycles. The Morgan fingerprint density at radius 1 is 1.40 bits per heavy atom. The topological polar surface area (TPSA) is 92.5 Å². The lowest BCUT2D eigenvalue weighted by Gasteiger charge is -2.13. The highest BCUT2D eigenvalue weighted by Crippen LogP contribution is 2.29. The third-order valence-electron chi connectivity index (χ3n) is 2.20. The third-order valence-corrected chi connectivity index (χ3v) is 4.03. The van der Waals surface area contributed by atoms with Gasteiger partial charge in [-0.2, -0.15) is 0 Å². The van der Waals surface area contributed by atoms with Gasteiger partial charge in [0.2, 0.25) is 0 Å². The number of amides is 2. The van der Waals surface area contributed by atoms with Crippen LogP contribution in [-0.4, -0.2) is 18.8 Å². The number of hydrazine groups is 1. The van der Waals surface area contributed by atoms with Crippen LogP contribution in [0.15, 0.2) is 29.2 Å². The van der Waals surface area contributed by atoms with E-state index in [1.54, 1.807) is 23.6 Å². The molecule has 0 spiro atoms. The summed E-state index contributed by atoms with van der Waals surface area (Å²) in [6, 6.07) is 5.63. The van der Waals surface area contributed by atoms with Crippen molar-refractivity contribution in [3.05, 3.63) is 29.8 Å². The van der Waals surface area contributed by atoms with Gasteiger partial charge in [-0.05, 0) is 11.6 Å². The smallest absolute Gasteiger partial charge is 0.275 e. The van der Waals surface area contributed by atoms with Gasteiger partial charge in [0.1, 0.15) is 0 Å². The molecule has 0 radical (unpaired) electrons. The molecule has 80 valence electrons. The van der Waals surface area contributed by atoms with Gasteiger partial charge in [0.25, 0.3) is 10.0 Å². The second-order valence-corrected chi connectivity index (χ2v) is 4.90. The summed E-state index contributed by atoms with van der Waals surface area (Å²) in [4.78, 5) is 11.4. The van der Waals surface area contributed by atoms with E-state index in [4.69, 9.17) is 5.84 Å². The van der Waals surface area contributed by atoms with Crippen molar-refractivity contribution >= 4 is 16.1 Å². The van der Waals surface area contributed by atoms with E-state index < -0.39 is 16.1 Å². The molecule has 2 rings (SSSR count). The molecule has 0 bridgehead atoms. The lowest BCUT2D eigenvalue weighted by atomic mass is 10.2. The zero-order valence-corrected chi connectivity index (χ0v) is 8.49. The standard InChI is InChI=1S/C8H9N3O3S/c9-10-8(12)11-5-6-3-1-2-4-7(6)15(11,13)14/h1-4H,5,9H2,(H,10,12). The Bertz CT molecular complexity index is 512. The highest BCUT2D eigenvalue weighted by molar-refractivity contribution is 7.90.